The molecule has 2 saturated heterocycles. The molecule has 1 amide bonds. The summed E-state index contributed by atoms with van der Waals surface area (Å²) < 4.78 is 14.4. The monoisotopic (exact) mass is 477 g/mol. The Labute approximate surface area is 199 Å². The van der Waals surface area contributed by atoms with E-state index in [0.717, 1.165) is 33.9 Å². The van der Waals surface area contributed by atoms with Crippen LogP contribution in [0, 0.1) is 24.6 Å². The summed E-state index contributed by atoms with van der Waals surface area (Å²) in [4.78, 5) is 26.6. The van der Waals surface area contributed by atoms with Crippen LogP contribution in [0.3, 0.4) is 0 Å². The number of carbonyl (C=O) groups is 1. The number of nitrogens with zero attached hydrogens (tertiary/aromatic N) is 6. The van der Waals surface area contributed by atoms with Crippen molar-refractivity contribution in [1.29, 1.82) is 0 Å². The topological polar surface area (TPSA) is 88.8 Å². The molecule has 5 heterocycles. The summed E-state index contributed by atoms with van der Waals surface area (Å²) in [6, 6.07) is 8.52. The van der Waals surface area contributed by atoms with Gasteiger partial charge >= 0.3 is 0 Å². The third-order valence-corrected chi connectivity index (χ3v) is 8.12. The number of aromatic nitrogens is 5. The molecular weight excluding hydrogens is 453 g/mol. The summed E-state index contributed by atoms with van der Waals surface area (Å²) in [6.07, 6.45) is 5.21. The largest absolute Gasteiger partial charge is 0.359 e. The number of nitrogens with one attached hydrogen (secondary N) is 1. The van der Waals surface area contributed by atoms with Gasteiger partial charge in [0.15, 0.2) is 10.8 Å². The van der Waals surface area contributed by atoms with E-state index in [9.17, 15) is 9.18 Å². The molecule has 0 spiro atoms. The molecule has 10 heteroatoms. The molecule has 8 nitrogen and oxygen atoms in total. The fraction of sp³-hybridized carbons (Fsp3) is 0.375. The lowest BCUT2D eigenvalue weighted by Gasteiger charge is -2.57. The average molecular weight is 478 g/mol. The first-order valence-corrected chi connectivity index (χ1v) is 12.3. The minimum absolute atomic E-state index is 0.00510. The molecule has 1 saturated carbocycles. The van der Waals surface area contributed by atoms with Crippen molar-refractivity contribution in [3.63, 3.8) is 0 Å². The molecule has 2 bridgehead atoms. The van der Waals surface area contributed by atoms with Crippen molar-refractivity contribution in [3.8, 4) is 5.69 Å². The summed E-state index contributed by atoms with van der Waals surface area (Å²) in [5.74, 6) is 0.588. The van der Waals surface area contributed by atoms with Crippen molar-refractivity contribution in [2.45, 2.75) is 38.8 Å². The summed E-state index contributed by atoms with van der Waals surface area (Å²) in [5.41, 5.74) is 2.48. The summed E-state index contributed by atoms with van der Waals surface area (Å²) >= 11 is 1.42. The van der Waals surface area contributed by atoms with E-state index in [4.69, 9.17) is 0 Å². The number of piperidine rings is 2. The Morgan fingerprint density at radius 2 is 1.97 bits per heavy atom. The van der Waals surface area contributed by atoms with Gasteiger partial charge in [0.1, 0.15) is 11.5 Å². The molecule has 174 valence electrons. The van der Waals surface area contributed by atoms with Crippen LogP contribution >= 0.6 is 11.3 Å². The number of hydrogen-bond donors (Lipinski definition) is 1. The Bertz CT molecular complexity index is 1370. The molecule has 34 heavy (non-hydrogen) atoms. The minimum atomic E-state index is -0.270. The lowest BCUT2D eigenvalue weighted by molar-refractivity contribution is -0.0505. The maximum absolute atomic E-state index is 14.0. The average Bonchev–Trinajstić information content (AvgIpc) is 3.46. The predicted octanol–water partition coefficient (Wildman–Crippen LogP) is 4.07. The Hall–Kier alpha value is -3.40. The first-order valence-electron chi connectivity index (χ1n) is 11.4. The number of aryl methyl sites for hydroxylation is 1. The van der Waals surface area contributed by atoms with Gasteiger partial charge in [0.25, 0.3) is 5.91 Å². The van der Waals surface area contributed by atoms with Crippen molar-refractivity contribution in [3.05, 3.63) is 59.9 Å². The van der Waals surface area contributed by atoms with Gasteiger partial charge < -0.3 is 10.2 Å². The molecule has 2 atom stereocenters. The summed E-state index contributed by atoms with van der Waals surface area (Å²) in [7, 11) is 0. The summed E-state index contributed by atoms with van der Waals surface area (Å²) in [6.45, 7) is 4.67. The molecule has 0 radical (unpaired) electrons. The van der Waals surface area contributed by atoms with E-state index < -0.39 is 0 Å². The Morgan fingerprint density at radius 3 is 2.76 bits per heavy atom. The Kier molecular flexibility index (Phi) is 5.05. The van der Waals surface area contributed by atoms with Gasteiger partial charge in [0, 0.05) is 18.3 Å². The van der Waals surface area contributed by atoms with E-state index in [1.165, 1.54) is 28.3 Å². The number of pyridine rings is 1. The molecule has 2 aliphatic heterocycles. The van der Waals surface area contributed by atoms with Crippen molar-refractivity contribution in [1.82, 2.24) is 29.9 Å². The van der Waals surface area contributed by atoms with Gasteiger partial charge in [-0.05, 0) is 61.9 Å². The van der Waals surface area contributed by atoms with Crippen LogP contribution in [0.2, 0.25) is 0 Å². The SMILES string of the molecule is Cc1ccc(-n2nccn2)c(C(=O)N2C3CC(C3)[C@H](C)C2CNc2nc3ccc(F)cc3s2)n1. The molecule has 1 aliphatic carbocycles. The number of anilines is 1. The van der Waals surface area contributed by atoms with Crippen LogP contribution in [0.4, 0.5) is 9.52 Å². The van der Waals surface area contributed by atoms with Gasteiger partial charge in [-0.15, -0.1) is 4.80 Å². The first-order chi connectivity index (χ1) is 16.5. The van der Waals surface area contributed by atoms with Gasteiger partial charge in [-0.3, -0.25) is 4.79 Å². The third kappa shape index (κ3) is 3.53. The number of halogens is 1. The maximum atomic E-state index is 14.0. The second kappa shape index (κ2) is 8.12. The van der Waals surface area contributed by atoms with Gasteiger partial charge in [0.2, 0.25) is 0 Å². The summed E-state index contributed by atoms with van der Waals surface area (Å²) in [5, 5.41) is 12.6. The maximum Gasteiger partial charge on any atom is 0.275 e. The highest BCUT2D eigenvalue weighted by atomic mass is 32.1. The predicted molar refractivity (Wildman–Crippen MR) is 128 cm³/mol. The first kappa shape index (κ1) is 21.2. The van der Waals surface area contributed by atoms with Crippen LogP contribution in [0.1, 0.15) is 35.9 Å². The normalized spacial score (nSPS) is 23.7. The highest BCUT2D eigenvalue weighted by molar-refractivity contribution is 7.22. The van der Waals surface area contributed by atoms with E-state index in [1.54, 1.807) is 18.5 Å². The zero-order chi connectivity index (χ0) is 23.4. The van der Waals surface area contributed by atoms with Gasteiger partial charge in [0.05, 0.1) is 28.7 Å². The molecule has 3 fully saturated rings. The zero-order valence-electron chi connectivity index (χ0n) is 18.8. The second-order valence-corrected chi connectivity index (χ2v) is 10.2. The minimum Gasteiger partial charge on any atom is -0.359 e. The third-order valence-electron chi connectivity index (χ3n) is 7.15. The fourth-order valence-electron chi connectivity index (χ4n) is 5.22. The number of carbonyl (C=O) groups excluding carboxylic acids is 1. The number of rotatable bonds is 5. The highest BCUT2D eigenvalue weighted by Gasteiger charge is 2.51. The van der Waals surface area contributed by atoms with Crippen LogP contribution in [-0.4, -0.2) is 54.4 Å². The quantitative estimate of drug-likeness (QED) is 0.466. The number of thiazole rings is 1. The lowest BCUT2D eigenvalue weighted by atomic mass is 9.64. The van der Waals surface area contributed by atoms with E-state index >= 15 is 0 Å². The molecule has 1 N–H and O–H groups in total. The van der Waals surface area contributed by atoms with Gasteiger partial charge in [-0.2, -0.15) is 10.2 Å². The fourth-order valence-corrected chi connectivity index (χ4v) is 6.12. The Morgan fingerprint density at radius 1 is 1.18 bits per heavy atom. The van der Waals surface area contributed by atoms with Crippen LogP contribution in [-0.2, 0) is 0 Å². The standard InChI is InChI=1S/C24H24FN7OS/c1-13-3-6-19(32-27-7-8-28-32)22(29-13)23(33)31-17-9-15(10-17)14(2)20(31)12-26-24-30-18-5-4-16(25)11-21(18)34-24/h3-8,11,14-15,17,20H,9-10,12H2,1-2H3,(H,26,30)/t14-,15?,17?,20?/m0/s1. The van der Waals surface area contributed by atoms with Gasteiger partial charge in [-0.25, -0.2) is 14.4 Å². The molecular formula is C24H24FN7OS. The van der Waals surface area contributed by atoms with Crippen molar-refractivity contribution >= 4 is 32.6 Å². The highest BCUT2D eigenvalue weighted by Crippen LogP contribution is 2.47. The molecule has 1 unspecified atom stereocenters. The van der Waals surface area contributed by atoms with Crippen molar-refractivity contribution in [2.24, 2.45) is 11.8 Å². The van der Waals surface area contributed by atoms with Gasteiger partial charge in [-0.1, -0.05) is 18.3 Å². The number of fused-ring (bicyclic) bond motifs is 3. The van der Waals surface area contributed by atoms with Crippen LogP contribution in [0.15, 0.2) is 42.7 Å². The van der Waals surface area contributed by atoms with E-state index in [-0.39, 0.29) is 23.8 Å². The van der Waals surface area contributed by atoms with Crippen LogP contribution in [0.5, 0.6) is 0 Å². The van der Waals surface area contributed by atoms with Crippen molar-refractivity contribution in [2.75, 3.05) is 11.9 Å². The lowest BCUT2D eigenvalue weighted by Crippen LogP contribution is -2.64. The van der Waals surface area contributed by atoms with Crippen LogP contribution < -0.4 is 5.32 Å². The second-order valence-electron chi connectivity index (χ2n) is 9.18. The number of amides is 1. The van der Waals surface area contributed by atoms with E-state index in [2.05, 4.69) is 32.4 Å². The molecule has 7 rings (SSSR count). The van der Waals surface area contributed by atoms with Crippen molar-refractivity contribution < 1.29 is 9.18 Å². The number of benzene rings is 1. The molecule has 3 aliphatic rings. The Balaban J connectivity index is 1.30. The van der Waals surface area contributed by atoms with Crippen LogP contribution in [0.25, 0.3) is 15.9 Å². The molecule has 3 aromatic heterocycles. The molecule has 4 aromatic rings. The molecule has 1 aromatic carbocycles. The zero-order valence-corrected chi connectivity index (χ0v) is 19.7. The smallest absolute Gasteiger partial charge is 0.275 e. The van der Waals surface area contributed by atoms with E-state index in [0.29, 0.717) is 29.8 Å². The van der Waals surface area contributed by atoms with E-state index in [1.807, 2.05) is 24.0 Å². The number of hydrogen-bond acceptors (Lipinski definition) is 7.